The lowest BCUT2D eigenvalue weighted by molar-refractivity contribution is -0.136. The summed E-state index contributed by atoms with van der Waals surface area (Å²) in [5.74, 6) is -0.148. The van der Waals surface area contributed by atoms with E-state index in [9.17, 15) is 18.0 Å². The minimum atomic E-state index is -3.51. The maximum atomic E-state index is 12.5. The zero-order valence-corrected chi connectivity index (χ0v) is 18.0. The third kappa shape index (κ3) is 5.17. The van der Waals surface area contributed by atoms with Crippen LogP contribution in [0.2, 0.25) is 0 Å². The average molecular weight is 423 g/mol. The van der Waals surface area contributed by atoms with E-state index in [1.165, 1.54) is 28.6 Å². The highest BCUT2D eigenvalue weighted by atomic mass is 32.2. The van der Waals surface area contributed by atoms with Crippen molar-refractivity contribution >= 4 is 21.9 Å². The van der Waals surface area contributed by atoms with Crippen LogP contribution in [0.4, 0.5) is 0 Å². The minimum absolute atomic E-state index is 0.165. The molecule has 8 heteroatoms. The summed E-state index contributed by atoms with van der Waals surface area (Å²) in [4.78, 5) is 26.5. The van der Waals surface area contributed by atoms with Gasteiger partial charge < -0.3 is 9.64 Å². The van der Waals surface area contributed by atoms with Crippen molar-refractivity contribution in [3.8, 4) is 0 Å². The van der Waals surface area contributed by atoms with Crippen LogP contribution in [-0.4, -0.2) is 62.3 Å². The van der Waals surface area contributed by atoms with Crippen molar-refractivity contribution in [2.75, 3.05) is 26.7 Å². The lowest BCUT2D eigenvalue weighted by Crippen LogP contribution is -2.41. The van der Waals surface area contributed by atoms with Crippen LogP contribution in [0.1, 0.15) is 55.8 Å². The van der Waals surface area contributed by atoms with E-state index in [2.05, 4.69) is 6.92 Å². The van der Waals surface area contributed by atoms with Crippen LogP contribution < -0.4 is 0 Å². The molecule has 3 rings (SSSR count). The molecule has 0 radical (unpaired) electrons. The van der Waals surface area contributed by atoms with Gasteiger partial charge in [0.25, 0.3) is 5.91 Å². The second-order valence-electron chi connectivity index (χ2n) is 8.13. The number of amides is 1. The molecule has 0 unspecified atom stereocenters. The molecular weight excluding hydrogens is 392 g/mol. The van der Waals surface area contributed by atoms with Gasteiger partial charge in [-0.15, -0.1) is 0 Å². The Morgan fingerprint density at radius 2 is 1.66 bits per heavy atom. The van der Waals surface area contributed by atoms with Gasteiger partial charge in [-0.3, -0.25) is 4.79 Å². The monoisotopic (exact) mass is 422 g/mol. The number of benzene rings is 1. The fraction of sp³-hybridized carbons (Fsp3) is 0.619. The van der Waals surface area contributed by atoms with E-state index in [1.807, 2.05) is 0 Å². The summed E-state index contributed by atoms with van der Waals surface area (Å²) in [7, 11) is -1.76. The van der Waals surface area contributed by atoms with Gasteiger partial charge in [0.15, 0.2) is 6.61 Å². The second kappa shape index (κ2) is 9.26. The second-order valence-corrected chi connectivity index (χ2v) is 10.1. The van der Waals surface area contributed by atoms with Gasteiger partial charge in [-0.1, -0.05) is 6.92 Å². The molecule has 1 aliphatic carbocycles. The maximum Gasteiger partial charge on any atom is 0.338 e. The molecule has 0 N–H and O–H groups in total. The highest BCUT2D eigenvalue weighted by Crippen LogP contribution is 2.26. The van der Waals surface area contributed by atoms with Gasteiger partial charge in [0.05, 0.1) is 10.5 Å². The lowest BCUT2D eigenvalue weighted by atomic mass is 9.87. The molecule has 1 aliphatic heterocycles. The standard InChI is InChI=1S/C21H30N2O5S/c1-16-5-9-18(10-6-16)22(2)20(24)15-28-21(25)17-7-11-19(12-8-17)29(26,27)23-13-3-4-14-23/h7-8,11-12,16,18H,3-6,9-10,13-15H2,1-2H3. The smallest absolute Gasteiger partial charge is 0.338 e. The summed E-state index contributed by atoms with van der Waals surface area (Å²) < 4.78 is 31.7. The van der Waals surface area contributed by atoms with Crippen LogP contribution >= 0.6 is 0 Å². The summed E-state index contributed by atoms with van der Waals surface area (Å²) in [5.41, 5.74) is 0.229. The normalized spacial score (nSPS) is 23.0. The van der Waals surface area contributed by atoms with Crippen molar-refractivity contribution in [2.45, 2.75) is 56.4 Å². The minimum Gasteiger partial charge on any atom is -0.452 e. The van der Waals surface area contributed by atoms with E-state index in [1.54, 1.807) is 11.9 Å². The Bertz CT molecular complexity index is 823. The predicted molar refractivity (Wildman–Crippen MR) is 109 cm³/mol. The summed E-state index contributed by atoms with van der Waals surface area (Å²) in [6.45, 7) is 2.97. The Morgan fingerprint density at radius 1 is 1.07 bits per heavy atom. The van der Waals surface area contributed by atoms with Crippen molar-refractivity contribution in [1.29, 1.82) is 0 Å². The average Bonchev–Trinajstić information content (AvgIpc) is 3.27. The first-order chi connectivity index (χ1) is 13.8. The summed E-state index contributed by atoms with van der Waals surface area (Å²) in [6, 6.07) is 5.90. The van der Waals surface area contributed by atoms with Crippen molar-refractivity contribution in [1.82, 2.24) is 9.21 Å². The molecule has 1 aromatic rings. The molecule has 1 saturated carbocycles. The van der Waals surface area contributed by atoms with Gasteiger partial charge >= 0.3 is 5.97 Å². The Kier molecular flexibility index (Phi) is 6.95. The molecule has 0 spiro atoms. The van der Waals surface area contributed by atoms with Crippen molar-refractivity contribution in [3.05, 3.63) is 29.8 Å². The first-order valence-corrected chi connectivity index (χ1v) is 11.8. The largest absolute Gasteiger partial charge is 0.452 e. The first-order valence-electron chi connectivity index (χ1n) is 10.3. The topological polar surface area (TPSA) is 84.0 Å². The third-order valence-electron chi connectivity index (χ3n) is 6.05. The zero-order chi connectivity index (χ0) is 21.0. The summed E-state index contributed by atoms with van der Waals surface area (Å²) >= 11 is 0. The lowest BCUT2D eigenvalue weighted by Gasteiger charge is -2.33. The number of ether oxygens (including phenoxy) is 1. The Hall–Kier alpha value is -1.93. The number of nitrogens with zero attached hydrogens (tertiary/aromatic N) is 2. The number of likely N-dealkylation sites (N-methyl/N-ethyl adjacent to an activating group) is 1. The van der Waals surface area contributed by atoms with Crippen LogP contribution in [0.5, 0.6) is 0 Å². The molecule has 0 bridgehead atoms. The number of sulfonamides is 1. The summed E-state index contributed by atoms with van der Waals surface area (Å²) in [6.07, 6.45) is 5.90. The molecule has 29 heavy (non-hydrogen) atoms. The van der Waals surface area contributed by atoms with Gasteiger partial charge in [-0.05, 0) is 68.7 Å². The summed E-state index contributed by atoms with van der Waals surface area (Å²) in [5, 5.41) is 0. The van der Waals surface area contributed by atoms with Crippen LogP contribution in [0, 0.1) is 5.92 Å². The molecular formula is C21H30N2O5S. The maximum absolute atomic E-state index is 12.5. The Balaban J connectivity index is 1.53. The van der Waals surface area contributed by atoms with E-state index in [0.29, 0.717) is 19.0 Å². The molecule has 2 fully saturated rings. The van der Waals surface area contributed by atoms with Crippen molar-refractivity contribution in [2.24, 2.45) is 5.92 Å². The van der Waals surface area contributed by atoms with Gasteiger partial charge in [-0.25, -0.2) is 13.2 Å². The molecule has 2 aliphatic rings. The quantitative estimate of drug-likeness (QED) is 0.658. The van der Waals surface area contributed by atoms with E-state index in [-0.39, 0.29) is 29.0 Å². The molecule has 160 valence electrons. The predicted octanol–water partition coefficient (Wildman–Crippen LogP) is 2.67. The van der Waals surface area contributed by atoms with Crippen LogP contribution in [0.15, 0.2) is 29.2 Å². The van der Waals surface area contributed by atoms with Gasteiger partial charge in [0.1, 0.15) is 0 Å². The number of carbonyl (C=O) groups excluding carboxylic acids is 2. The fourth-order valence-corrected chi connectivity index (χ4v) is 5.50. The van der Waals surface area contributed by atoms with Crippen molar-refractivity contribution < 1.29 is 22.7 Å². The van der Waals surface area contributed by atoms with Gasteiger partial charge in [-0.2, -0.15) is 4.31 Å². The first kappa shape index (κ1) is 21.8. The number of esters is 1. The van der Waals surface area contributed by atoms with E-state index in [0.717, 1.165) is 38.5 Å². The molecule has 1 saturated heterocycles. The Labute approximate surface area is 173 Å². The molecule has 0 aromatic heterocycles. The fourth-order valence-electron chi connectivity index (χ4n) is 3.99. The highest BCUT2D eigenvalue weighted by molar-refractivity contribution is 7.89. The van der Waals surface area contributed by atoms with E-state index in [4.69, 9.17) is 4.74 Å². The van der Waals surface area contributed by atoms with Gasteiger partial charge in [0.2, 0.25) is 10.0 Å². The number of hydrogen-bond donors (Lipinski definition) is 0. The van der Waals surface area contributed by atoms with Crippen LogP contribution in [0.25, 0.3) is 0 Å². The van der Waals surface area contributed by atoms with Crippen LogP contribution in [-0.2, 0) is 19.6 Å². The molecule has 1 amide bonds. The van der Waals surface area contributed by atoms with E-state index < -0.39 is 16.0 Å². The molecule has 0 atom stereocenters. The SMILES string of the molecule is CC1CCC(N(C)C(=O)COC(=O)c2ccc(S(=O)(=O)N3CCCC3)cc2)CC1. The third-order valence-corrected chi connectivity index (χ3v) is 7.96. The highest BCUT2D eigenvalue weighted by Gasteiger charge is 2.28. The van der Waals surface area contributed by atoms with E-state index >= 15 is 0 Å². The van der Waals surface area contributed by atoms with Gasteiger partial charge in [0, 0.05) is 26.2 Å². The number of rotatable bonds is 6. The molecule has 1 heterocycles. The molecule has 1 aromatic carbocycles. The van der Waals surface area contributed by atoms with Crippen LogP contribution in [0.3, 0.4) is 0 Å². The molecule has 7 nitrogen and oxygen atoms in total. The number of carbonyl (C=O) groups is 2. The number of hydrogen-bond acceptors (Lipinski definition) is 5. The van der Waals surface area contributed by atoms with Crippen molar-refractivity contribution in [3.63, 3.8) is 0 Å². The Morgan fingerprint density at radius 3 is 2.24 bits per heavy atom. The zero-order valence-electron chi connectivity index (χ0n) is 17.2.